The number of hydrogen-bond acceptors (Lipinski definition) is 4. The van der Waals surface area contributed by atoms with Gasteiger partial charge in [-0.3, -0.25) is 14.5 Å². The highest BCUT2D eigenvalue weighted by Gasteiger charge is 2.26. The van der Waals surface area contributed by atoms with Crippen molar-refractivity contribution in [3.05, 3.63) is 74.2 Å². The van der Waals surface area contributed by atoms with Crippen LogP contribution in [0.4, 0.5) is 10.8 Å². The largest absolute Gasteiger partial charge is 0.340 e. The predicted octanol–water partition coefficient (Wildman–Crippen LogP) is 6.56. The molecule has 1 heterocycles. The van der Waals surface area contributed by atoms with Crippen LogP contribution in [0, 0.1) is 0 Å². The maximum absolute atomic E-state index is 13.4. The number of benzene rings is 2. The quantitative estimate of drug-likeness (QED) is 0.399. The highest BCUT2D eigenvalue weighted by molar-refractivity contribution is 7.14. The van der Waals surface area contributed by atoms with Crippen LogP contribution in [0.5, 0.6) is 0 Å². The van der Waals surface area contributed by atoms with E-state index in [0.717, 1.165) is 6.42 Å². The Bertz CT molecular complexity index is 1070. The van der Waals surface area contributed by atoms with Crippen molar-refractivity contribution in [3.8, 4) is 0 Å². The summed E-state index contributed by atoms with van der Waals surface area (Å²) >= 11 is 19.4. The summed E-state index contributed by atoms with van der Waals surface area (Å²) < 4.78 is 0. The molecular weight excluding hydrogens is 465 g/mol. The molecule has 0 aliphatic rings. The van der Waals surface area contributed by atoms with Crippen molar-refractivity contribution in [1.29, 1.82) is 0 Å². The molecule has 2 aromatic carbocycles. The first-order valence-corrected chi connectivity index (χ1v) is 11.1. The third kappa shape index (κ3) is 4.95. The Morgan fingerprint density at radius 1 is 1.00 bits per heavy atom. The summed E-state index contributed by atoms with van der Waals surface area (Å²) in [6.45, 7) is 2.61. The van der Waals surface area contributed by atoms with E-state index in [0.29, 0.717) is 27.4 Å². The van der Waals surface area contributed by atoms with E-state index in [9.17, 15) is 9.59 Å². The lowest BCUT2D eigenvalue weighted by Gasteiger charge is -2.21. The molecule has 3 aromatic rings. The number of carbonyl (C=O) groups is 2. The Hall–Kier alpha value is -2.12. The Morgan fingerprint density at radius 2 is 1.67 bits per heavy atom. The van der Waals surface area contributed by atoms with Crippen molar-refractivity contribution in [3.63, 3.8) is 0 Å². The van der Waals surface area contributed by atoms with Gasteiger partial charge in [0.15, 0.2) is 5.13 Å². The lowest BCUT2D eigenvalue weighted by Crippen LogP contribution is -2.28. The van der Waals surface area contributed by atoms with Gasteiger partial charge in [0, 0.05) is 29.0 Å². The molecule has 1 aromatic heterocycles. The van der Waals surface area contributed by atoms with E-state index < -0.39 is 5.91 Å². The minimum Gasteiger partial charge on any atom is -0.340 e. The van der Waals surface area contributed by atoms with E-state index in [1.165, 1.54) is 22.3 Å². The average molecular weight is 483 g/mol. The van der Waals surface area contributed by atoms with Gasteiger partial charge in [0.1, 0.15) is 5.69 Å². The summed E-state index contributed by atoms with van der Waals surface area (Å²) in [6, 6.07) is 11.4. The normalized spacial score (nSPS) is 10.7. The molecule has 0 fully saturated rings. The van der Waals surface area contributed by atoms with Gasteiger partial charge in [-0.05, 0) is 48.9 Å². The van der Waals surface area contributed by atoms with Gasteiger partial charge in [-0.15, -0.1) is 11.3 Å². The first kappa shape index (κ1) is 22.6. The maximum Gasteiger partial charge on any atom is 0.273 e. The number of hydrogen-bond donors (Lipinski definition) is 0. The Balaban J connectivity index is 2.04. The smallest absolute Gasteiger partial charge is 0.273 e. The fourth-order valence-corrected chi connectivity index (χ4v) is 4.22. The van der Waals surface area contributed by atoms with Gasteiger partial charge in [0.2, 0.25) is 0 Å². The predicted molar refractivity (Wildman–Crippen MR) is 124 cm³/mol. The molecule has 0 radical (unpaired) electrons. The molecule has 0 unspecified atom stereocenters. The van der Waals surface area contributed by atoms with Crippen LogP contribution in [0.3, 0.4) is 0 Å². The molecule has 156 valence electrons. The zero-order chi connectivity index (χ0) is 21.8. The van der Waals surface area contributed by atoms with Crippen LogP contribution < -0.4 is 4.90 Å². The van der Waals surface area contributed by atoms with Gasteiger partial charge >= 0.3 is 0 Å². The average Bonchev–Trinajstić information content (AvgIpc) is 3.18. The fraction of sp³-hybridized carbons (Fsp3) is 0.190. The molecule has 3 rings (SSSR count). The summed E-state index contributed by atoms with van der Waals surface area (Å²) in [5.41, 5.74) is 1.09. The van der Waals surface area contributed by atoms with Crippen LogP contribution in [-0.2, 0) is 0 Å². The molecule has 0 atom stereocenters. The molecular formula is C21H18Cl3N3O2S. The molecule has 0 saturated carbocycles. The second kappa shape index (κ2) is 9.79. The molecule has 0 aliphatic heterocycles. The number of halogens is 3. The van der Waals surface area contributed by atoms with E-state index in [2.05, 4.69) is 4.98 Å². The topological polar surface area (TPSA) is 53.5 Å². The van der Waals surface area contributed by atoms with Gasteiger partial charge in [-0.25, -0.2) is 4.98 Å². The Morgan fingerprint density at radius 3 is 2.30 bits per heavy atom. The van der Waals surface area contributed by atoms with E-state index in [1.54, 1.807) is 53.7 Å². The highest BCUT2D eigenvalue weighted by Crippen LogP contribution is 2.33. The van der Waals surface area contributed by atoms with Gasteiger partial charge < -0.3 is 4.90 Å². The van der Waals surface area contributed by atoms with Crippen molar-refractivity contribution < 1.29 is 9.59 Å². The molecule has 0 spiro atoms. The van der Waals surface area contributed by atoms with Crippen molar-refractivity contribution in [2.75, 3.05) is 18.5 Å². The monoisotopic (exact) mass is 481 g/mol. The number of carbonyl (C=O) groups excluding carboxylic acids is 2. The van der Waals surface area contributed by atoms with Crippen LogP contribution in [0.25, 0.3) is 0 Å². The number of nitrogens with zero attached hydrogens (tertiary/aromatic N) is 3. The molecule has 5 nitrogen and oxygen atoms in total. The summed E-state index contributed by atoms with van der Waals surface area (Å²) in [4.78, 5) is 33.5. The van der Waals surface area contributed by atoms with Crippen LogP contribution >= 0.6 is 46.1 Å². The zero-order valence-electron chi connectivity index (χ0n) is 16.2. The molecule has 2 amide bonds. The number of aromatic nitrogens is 1. The summed E-state index contributed by atoms with van der Waals surface area (Å²) in [5, 5.41) is 3.18. The van der Waals surface area contributed by atoms with Gasteiger partial charge in [0.05, 0.1) is 16.3 Å². The molecule has 0 aliphatic carbocycles. The number of thiazole rings is 1. The van der Waals surface area contributed by atoms with E-state index >= 15 is 0 Å². The lowest BCUT2D eigenvalue weighted by molar-refractivity contribution is 0.0789. The molecule has 9 heteroatoms. The van der Waals surface area contributed by atoms with Crippen LogP contribution in [0.15, 0.2) is 47.8 Å². The third-order valence-corrected chi connectivity index (χ3v) is 5.88. The van der Waals surface area contributed by atoms with Crippen molar-refractivity contribution >= 4 is 68.8 Å². The van der Waals surface area contributed by atoms with Crippen LogP contribution in [0.1, 0.15) is 34.2 Å². The van der Waals surface area contributed by atoms with Crippen LogP contribution in [0.2, 0.25) is 15.1 Å². The molecule has 0 N–H and O–H groups in total. The zero-order valence-corrected chi connectivity index (χ0v) is 19.3. The molecule has 30 heavy (non-hydrogen) atoms. The standard InChI is InChI=1S/C21H18Cl3N3O2S/c1-3-10-26(2)20(29)18-12-30-21(25-18)27(15-7-4-13(22)5-8-15)19(28)16-9-6-14(23)11-17(16)24/h4-9,11-12H,3,10H2,1-2H3. The number of anilines is 2. The van der Waals surface area contributed by atoms with Crippen LogP contribution in [-0.4, -0.2) is 35.3 Å². The molecule has 0 saturated heterocycles. The second-order valence-corrected chi connectivity index (χ2v) is 8.60. The van der Waals surface area contributed by atoms with E-state index in [-0.39, 0.29) is 22.2 Å². The van der Waals surface area contributed by atoms with Gasteiger partial charge in [-0.2, -0.15) is 0 Å². The summed E-state index contributed by atoms with van der Waals surface area (Å²) in [7, 11) is 1.72. The van der Waals surface area contributed by atoms with E-state index in [1.807, 2.05) is 6.92 Å². The third-order valence-electron chi connectivity index (χ3n) is 4.26. The number of amides is 2. The highest BCUT2D eigenvalue weighted by atomic mass is 35.5. The van der Waals surface area contributed by atoms with E-state index in [4.69, 9.17) is 34.8 Å². The Kier molecular flexibility index (Phi) is 7.36. The second-order valence-electron chi connectivity index (χ2n) is 6.48. The first-order valence-electron chi connectivity index (χ1n) is 9.08. The van der Waals surface area contributed by atoms with Crippen molar-refractivity contribution in [1.82, 2.24) is 9.88 Å². The maximum atomic E-state index is 13.4. The van der Waals surface area contributed by atoms with Gasteiger partial charge in [0.25, 0.3) is 11.8 Å². The lowest BCUT2D eigenvalue weighted by atomic mass is 10.2. The summed E-state index contributed by atoms with van der Waals surface area (Å²) in [5.74, 6) is -0.596. The fourth-order valence-electron chi connectivity index (χ4n) is 2.79. The van der Waals surface area contributed by atoms with Crippen molar-refractivity contribution in [2.45, 2.75) is 13.3 Å². The number of rotatable bonds is 6. The Labute approximate surface area is 193 Å². The summed E-state index contributed by atoms with van der Waals surface area (Å²) in [6.07, 6.45) is 0.837. The first-order chi connectivity index (χ1) is 14.3. The van der Waals surface area contributed by atoms with Crippen molar-refractivity contribution in [2.24, 2.45) is 0 Å². The SMILES string of the molecule is CCCN(C)C(=O)c1csc(N(C(=O)c2ccc(Cl)cc2Cl)c2ccc(Cl)cc2)n1. The minimum absolute atomic E-state index is 0.201. The van der Waals surface area contributed by atoms with Gasteiger partial charge in [-0.1, -0.05) is 41.7 Å². The molecule has 0 bridgehead atoms. The minimum atomic E-state index is -0.394.